The van der Waals surface area contributed by atoms with E-state index in [2.05, 4.69) is 83.8 Å². The molecule has 1 aliphatic heterocycles. The average molecular weight is 363 g/mol. The van der Waals surface area contributed by atoms with Crippen molar-refractivity contribution in [2.24, 2.45) is 0 Å². The fourth-order valence-corrected chi connectivity index (χ4v) is 4.58. The van der Waals surface area contributed by atoms with Crippen LogP contribution >= 0.6 is 0 Å². The Bertz CT molecular complexity index is 908. The van der Waals surface area contributed by atoms with E-state index >= 15 is 0 Å². The zero-order chi connectivity index (χ0) is 18.3. The number of hydrogen-bond donors (Lipinski definition) is 0. The van der Waals surface area contributed by atoms with Crippen LogP contribution in [0.1, 0.15) is 16.7 Å². The molecule has 1 saturated heterocycles. The summed E-state index contributed by atoms with van der Waals surface area (Å²) in [4.78, 5) is 2.51. The van der Waals surface area contributed by atoms with E-state index in [1.165, 1.54) is 27.8 Å². The Kier molecular flexibility index (Phi) is 5.47. The number of fused-ring (bicyclic) bond motifs is 3. The summed E-state index contributed by atoms with van der Waals surface area (Å²) in [6.07, 6.45) is 1.08. The third kappa shape index (κ3) is 2.78. The van der Waals surface area contributed by atoms with Crippen LogP contribution in [0.15, 0.2) is 78.9 Å². The van der Waals surface area contributed by atoms with Gasteiger partial charge in [-0.2, -0.15) is 6.10 Å². The van der Waals surface area contributed by atoms with E-state index in [9.17, 15) is 0 Å². The number of nitrogens with zero attached hydrogens (tertiary/aromatic N) is 1. The van der Waals surface area contributed by atoms with Gasteiger partial charge < -0.3 is 14.4 Å². The summed E-state index contributed by atoms with van der Waals surface area (Å²) in [5.74, 6) is 0. The first-order chi connectivity index (χ1) is 13.4. The first kappa shape index (κ1) is 19.5. The predicted molar refractivity (Wildman–Crippen MR) is 106 cm³/mol. The molecule has 1 heterocycles. The molecule has 0 radical (unpaired) electrons. The van der Waals surface area contributed by atoms with Gasteiger partial charge in [-0.15, -0.1) is 13.1 Å². The number of benzene rings is 3. The third-order valence-electron chi connectivity index (χ3n) is 5.71. The van der Waals surface area contributed by atoms with E-state index in [1.807, 2.05) is 0 Å². The molecular formula is C24H22LiNO2. The van der Waals surface area contributed by atoms with Gasteiger partial charge in [-0.05, 0) is 27.8 Å². The molecule has 3 aromatic carbocycles. The van der Waals surface area contributed by atoms with E-state index in [1.54, 1.807) is 7.11 Å². The van der Waals surface area contributed by atoms with Crippen LogP contribution in [0.25, 0.3) is 11.1 Å². The maximum absolute atomic E-state index is 5.73. The minimum absolute atomic E-state index is 0. The molecule has 0 N–H and O–H groups in total. The van der Waals surface area contributed by atoms with Crippen molar-refractivity contribution >= 4 is 0 Å². The molecule has 3 nitrogen and oxygen atoms in total. The molecule has 3 aromatic rings. The van der Waals surface area contributed by atoms with Crippen molar-refractivity contribution in [2.75, 3.05) is 27.0 Å². The van der Waals surface area contributed by atoms with Crippen LogP contribution in [0.2, 0.25) is 0 Å². The molecule has 0 aromatic heterocycles. The molecule has 0 saturated carbocycles. The summed E-state index contributed by atoms with van der Waals surface area (Å²) in [5.41, 5.74) is 6.36. The van der Waals surface area contributed by atoms with Gasteiger partial charge in [0, 0.05) is 7.11 Å². The average Bonchev–Trinajstić information content (AvgIpc) is 2.99. The minimum Gasteiger partial charge on any atom is -0.527 e. The number of methoxy groups -OCH3 is 1. The zero-order valence-electron chi connectivity index (χ0n) is 16.4. The topological polar surface area (TPSA) is 21.7 Å². The van der Waals surface area contributed by atoms with E-state index in [-0.39, 0.29) is 24.4 Å². The maximum atomic E-state index is 5.73. The van der Waals surface area contributed by atoms with Gasteiger partial charge in [0.2, 0.25) is 0 Å². The van der Waals surface area contributed by atoms with E-state index in [0.717, 1.165) is 19.2 Å². The molecule has 0 bridgehead atoms. The van der Waals surface area contributed by atoms with Gasteiger partial charge in [0.1, 0.15) is 6.79 Å². The molecule has 0 unspecified atom stereocenters. The summed E-state index contributed by atoms with van der Waals surface area (Å²) >= 11 is 0. The number of rotatable bonds is 5. The van der Waals surface area contributed by atoms with Crippen LogP contribution in [0, 0.1) is 6.10 Å². The van der Waals surface area contributed by atoms with E-state index < -0.39 is 0 Å². The number of likely N-dealkylation sites (tertiary alicyclic amines) is 1. The zero-order valence-corrected chi connectivity index (χ0v) is 16.4. The molecule has 0 atom stereocenters. The van der Waals surface area contributed by atoms with Crippen molar-refractivity contribution in [1.29, 1.82) is 0 Å². The van der Waals surface area contributed by atoms with Crippen LogP contribution < -0.4 is 18.9 Å². The van der Waals surface area contributed by atoms with Crippen molar-refractivity contribution in [3.05, 3.63) is 102 Å². The molecule has 5 rings (SSSR count). The van der Waals surface area contributed by atoms with Gasteiger partial charge in [0.25, 0.3) is 0 Å². The van der Waals surface area contributed by atoms with E-state index in [0.29, 0.717) is 6.79 Å². The van der Waals surface area contributed by atoms with Gasteiger partial charge in [0.15, 0.2) is 0 Å². The monoisotopic (exact) mass is 363 g/mol. The van der Waals surface area contributed by atoms with Crippen molar-refractivity contribution < 1.29 is 28.3 Å². The quantitative estimate of drug-likeness (QED) is 0.389. The second-order valence-corrected chi connectivity index (χ2v) is 7.11. The van der Waals surface area contributed by atoms with Crippen molar-refractivity contribution in [3.8, 4) is 11.1 Å². The van der Waals surface area contributed by atoms with Crippen LogP contribution in [-0.4, -0.2) is 31.9 Å². The van der Waals surface area contributed by atoms with Gasteiger partial charge >= 0.3 is 18.9 Å². The van der Waals surface area contributed by atoms with Crippen LogP contribution in [0.5, 0.6) is 0 Å². The third-order valence-corrected chi connectivity index (χ3v) is 5.71. The van der Waals surface area contributed by atoms with E-state index in [4.69, 9.17) is 9.47 Å². The smallest absolute Gasteiger partial charge is 0.527 e. The standard InChI is InChI=1S/C24H22NO2.Li/c1-26-17-27-19-15-25(16-19)24(18-9-3-2-4-10-18)22-13-7-5-11-20(22)21-12-6-8-14-23(21)24;/h2-14H,15-17H2,1H3;/q-1;+1. The maximum Gasteiger partial charge on any atom is 1.00 e. The fourth-order valence-electron chi connectivity index (χ4n) is 4.58. The Hall–Kier alpha value is -1.86. The summed E-state index contributed by atoms with van der Waals surface area (Å²) in [7, 11) is 1.66. The van der Waals surface area contributed by atoms with Crippen LogP contribution in [-0.2, 0) is 15.0 Å². The number of ether oxygens (including phenoxy) is 2. The molecule has 0 amide bonds. The first-order valence-electron chi connectivity index (χ1n) is 9.32. The second kappa shape index (κ2) is 7.87. The predicted octanol–water partition coefficient (Wildman–Crippen LogP) is 1.43. The van der Waals surface area contributed by atoms with Crippen LogP contribution in [0.3, 0.4) is 0 Å². The number of hydrogen-bond acceptors (Lipinski definition) is 3. The normalized spacial score (nSPS) is 17.3. The van der Waals surface area contributed by atoms with Gasteiger partial charge in [-0.25, -0.2) is 0 Å². The summed E-state index contributed by atoms with van der Waals surface area (Å²) < 4.78 is 10.8. The van der Waals surface area contributed by atoms with Crippen molar-refractivity contribution in [3.63, 3.8) is 0 Å². The molecule has 136 valence electrons. The molecule has 2 aliphatic rings. The first-order valence-corrected chi connectivity index (χ1v) is 9.32. The fraction of sp³-hybridized carbons (Fsp3) is 0.208. The minimum atomic E-state index is -0.283. The van der Waals surface area contributed by atoms with Crippen LogP contribution in [0.4, 0.5) is 0 Å². The molecule has 28 heavy (non-hydrogen) atoms. The van der Waals surface area contributed by atoms with Crippen molar-refractivity contribution in [1.82, 2.24) is 4.90 Å². The Morgan fingerprint density at radius 3 is 1.93 bits per heavy atom. The Morgan fingerprint density at radius 2 is 1.36 bits per heavy atom. The van der Waals surface area contributed by atoms with Crippen molar-refractivity contribution in [2.45, 2.75) is 5.54 Å². The molecular weight excluding hydrogens is 341 g/mol. The van der Waals surface area contributed by atoms with Gasteiger partial charge in [-0.3, -0.25) is 0 Å². The largest absolute Gasteiger partial charge is 1.00 e. The summed E-state index contributed by atoms with van der Waals surface area (Å²) in [6.45, 7) is 1.93. The second-order valence-electron chi connectivity index (χ2n) is 7.11. The Morgan fingerprint density at radius 1 is 0.821 bits per heavy atom. The summed E-state index contributed by atoms with van der Waals surface area (Å²) in [5, 5.41) is 0. The summed E-state index contributed by atoms with van der Waals surface area (Å²) in [6, 6.07) is 28.4. The Labute approximate surface area is 178 Å². The molecule has 4 heteroatoms. The SMILES string of the molecule is COCO[C-]1CN(C2(c3ccccc3)c3ccccc3-c3ccccc32)C1.[Li+]. The van der Waals surface area contributed by atoms with Gasteiger partial charge in [-0.1, -0.05) is 78.9 Å². The Balaban J connectivity index is 0.00000192. The molecule has 1 fully saturated rings. The molecule has 1 aliphatic carbocycles. The molecule has 0 spiro atoms. The van der Waals surface area contributed by atoms with Gasteiger partial charge in [0.05, 0.1) is 5.54 Å².